The highest BCUT2D eigenvalue weighted by Gasteiger charge is 2.25. The molecule has 0 amide bonds. The molecule has 20 heavy (non-hydrogen) atoms. The van der Waals surface area contributed by atoms with Crippen LogP contribution in [-0.2, 0) is 19.1 Å². The SMILES string of the molecule is COC(=O)CCC#CC1=C(C(=O)OC(C)(C)C)CCC1. The lowest BCUT2D eigenvalue weighted by atomic mass is 10.1. The lowest BCUT2D eigenvalue weighted by Gasteiger charge is -2.20. The lowest BCUT2D eigenvalue weighted by Crippen LogP contribution is -2.24. The van der Waals surface area contributed by atoms with Gasteiger partial charge < -0.3 is 9.47 Å². The minimum atomic E-state index is -0.490. The molecule has 110 valence electrons. The van der Waals surface area contributed by atoms with Crippen LogP contribution in [0.15, 0.2) is 11.1 Å². The van der Waals surface area contributed by atoms with Crippen LogP contribution >= 0.6 is 0 Å². The predicted octanol–water partition coefficient (Wildman–Crippen LogP) is 2.77. The molecule has 0 radical (unpaired) electrons. The quantitative estimate of drug-likeness (QED) is 0.588. The van der Waals surface area contributed by atoms with Crippen LogP contribution in [0.4, 0.5) is 0 Å². The van der Waals surface area contributed by atoms with Crippen LogP contribution in [0.5, 0.6) is 0 Å². The first kappa shape index (κ1) is 16.3. The second kappa shape index (κ2) is 7.14. The highest BCUT2D eigenvalue weighted by atomic mass is 16.6. The molecule has 0 aliphatic heterocycles. The second-order valence-electron chi connectivity index (χ2n) is 5.69. The van der Waals surface area contributed by atoms with Crippen LogP contribution in [0.3, 0.4) is 0 Å². The van der Waals surface area contributed by atoms with E-state index in [-0.39, 0.29) is 18.4 Å². The van der Waals surface area contributed by atoms with E-state index >= 15 is 0 Å². The van der Waals surface area contributed by atoms with Crippen molar-refractivity contribution in [3.8, 4) is 11.8 Å². The van der Waals surface area contributed by atoms with Gasteiger partial charge >= 0.3 is 11.9 Å². The number of hydrogen-bond acceptors (Lipinski definition) is 4. The fourth-order valence-electron chi connectivity index (χ4n) is 1.88. The number of hydrogen-bond donors (Lipinski definition) is 0. The number of carbonyl (C=O) groups is 2. The summed E-state index contributed by atoms with van der Waals surface area (Å²) in [6.45, 7) is 5.55. The molecular formula is C16H22O4. The number of rotatable bonds is 3. The molecule has 0 spiro atoms. The number of carbonyl (C=O) groups excluding carboxylic acids is 2. The molecule has 0 bridgehead atoms. The highest BCUT2D eigenvalue weighted by Crippen LogP contribution is 2.27. The summed E-state index contributed by atoms with van der Waals surface area (Å²) in [5.74, 6) is 5.38. The standard InChI is InChI=1S/C16H22O4/c1-16(2,3)20-15(18)13-10-7-9-12(13)8-5-6-11-14(17)19-4/h6-7,9-11H2,1-4H3. The van der Waals surface area contributed by atoms with Crippen molar-refractivity contribution < 1.29 is 19.1 Å². The number of allylic oxidation sites excluding steroid dienone is 1. The summed E-state index contributed by atoms with van der Waals surface area (Å²) < 4.78 is 9.92. The Morgan fingerprint density at radius 3 is 2.55 bits per heavy atom. The van der Waals surface area contributed by atoms with Crippen LogP contribution in [-0.4, -0.2) is 24.6 Å². The zero-order chi connectivity index (χ0) is 15.2. The normalized spacial score (nSPS) is 14.6. The maximum absolute atomic E-state index is 12.0. The molecule has 0 aromatic rings. The Kier molecular flexibility index (Phi) is 5.82. The van der Waals surface area contributed by atoms with Gasteiger partial charge in [-0.2, -0.15) is 0 Å². The third-order valence-corrected chi connectivity index (χ3v) is 2.78. The number of ether oxygens (including phenoxy) is 2. The fraction of sp³-hybridized carbons (Fsp3) is 0.625. The van der Waals surface area contributed by atoms with Crippen molar-refractivity contribution in [3.05, 3.63) is 11.1 Å². The molecule has 4 heteroatoms. The van der Waals surface area contributed by atoms with Crippen LogP contribution in [0, 0.1) is 11.8 Å². The van der Waals surface area contributed by atoms with E-state index in [0.717, 1.165) is 24.8 Å². The maximum Gasteiger partial charge on any atom is 0.335 e. The Morgan fingerprint density at radius 1 is 1.25 bits per heavy atom. The van der Waals surface area contributed by atoms with Gasteiger partial charge in [0.1, 0.15) is 5.60 Å². The summed E-state index contributed by atoms with van der Waals surface area (Å²) in [5, 5.41) is 0. The molecular weight excluding hydrogens is 256 g/mol. The fourth-order valence-corrected chi connectivity index (χ4v) is 1.88. The van der Waals surface area contributed by atoms with Gasteiger partial charge in [0.25, 0.3) is 0 Å². The third-order valence-electron chi connectivity index (χ3n) is 2.78. The van der Waals surface area contributed by atoms with Gasteiger partial charge in [0.05, 0.1) is 13.5 Å². The zero-order valence-electron chi connectivity index (χ0n) is 12.7. The van der Waals surface area contributed by atoms with Gasteiger partial charge in [-0.1, -0.05) is 11.8 Å². The van der Waals surface area contributed by atoms with Gasteiger partial charge in [0.2, 0.25) is 0 Å². The summed E-state index contributed by atoms with van der Waals surface area (Å²) in [6.07, 6.45) is 3.17. The van der Waals surface area contributed by atoms with Gasteiger partial charge in [-0.3, -0.25) is 4.79 Å². The summed E-state index contributed by atoms with van der Waals surface area (Å²) in [4.78, 5) is 23.0. The monoisotopic (exact) mass is 278 g/mol. The minimum Gasteiger partial charge on any atom is -0.469 e. The Bertz CT molecular complexity index is 469. The topological polar surface area (TPSA) is 52.6 Å². The van der Waals surface area contributed by atoms with Gasteiger partial charge in [-0.25, -0.2) is 4.79 Å². The average molecular weight is 278 g/mol. The molecule has 0 saturated carbocycles. The number of esters is 2. The van der Waals surface area contributed by atoms with Crippen LogP contribution in [0.2, 0.25) is 0 Å². The van der Waals surface area contributed by atoms with Crippen LogP contribution in [0.1, 0.15) is 52.9 Å². The first-order valence-corrected chi connectivity index (χ1v) is 6.84. The van der Waals surface area contributed by atoms with E-state index in [4.69, 9.17) is 4.74 Å². The van der Waals surface area contributed by atoms with Gasteiger partial charge in [0, 0.05) is 17.6 Å². The third kappa shape index (κ3) is 5.48. The molecule has 4 nitrogen and oxygen atoms in total. The Labute approximate surface area is 120 Å². The molecule has 1 aliphatic carbocycles. The second-order valence-corrected chi connectivity index (χ2v) is 5.69. The molecule has 0 N–H and O–H groups in total. The number of methoxy groups -OCH3 is 1. The molecule has 0 saturated heterocycles. The molecule has 0 heterocycles. The van der Waals surface area contributed by atoms with E-state index in [2.05, 4.69) is 16.6 Å². The van der Waals surface area contributed by atoms with Crippen molar-refractivity contribution in [3.63, 3.8) is 0 Å². The van der Waals surface area contributed by atoms with Gasteiger partial charge in [-0.05, 0) is 40.0 Å². The van der Waals surface area contributed by atoms with Gasteiger partial charge in [0.15, 0.2) is 0 Å². The van der Waals surface area contributed by atoms with E-state index in [1.165, 1.54) is 7.11 Å². The van der Waals surface area contributed by atoms with Crippen LogP contribution < -0.4 is 0 Å². The van der Waals surface area contributed by atoms with Crippen LogP contribution in [0.25, 0.3) is 0 Å². The zero-order valence-corrected chi connectivity index (χ0v) is 12.7. The molecule has 1 rings (SSSR count). The average Bonchev–Trinajstić information content (AvgIpc) is 2.80. The molecule has 0 aromatic heterocycles. The first-order chi connectivity index (χ1) is 9.33. The van der Waals surface area contributed by atoms with E-state index in [1.54, 1.807) is 0 Å². The predicted molar refractivity (Wildman–Crippen MR) is 75.7 cm³/mol. The van der Waals surface area contributed by atoms with E-state index < -0.39 is 5.60 Å². The summed E-state index contributed by atoms with van der Waals surface area (Å²) >= 11 is 0. The molecule has 0 aromatic carbocycles. The molecule has 0 atom stereocenters. The summed E-state index contributed by atoms with van der Waals surface area (Å²) in [7, 11) is 1.36. The van der Waals surface area contributed by atoms with Crippen molar-refractivity contribution in [1.82, 2.24) is 0 Å². The smallest absolute Gasteiger partial charge is 0.335 e. The Morgan fingerprint density at radius 2 is 1.95 bits per heavy atom. The van der Waals surface area contributed by atoms with E-state index in [0.29, 0.717) is 12.0 Å². The Balaban J connectivity index is 2.66. The lowest BCUT2D eigenvalue weighted by molar-refractivity contribution is -0.150. The first-order valence-electron chi connectivity index (χ1n) is 6.84. The largest absolute Gasteiger partial charge is 0.469 e. The summed E-state index contributed by atoms with van der Waals surface area (Å²) in [6, 6.07) is 0. The molecule has 0 unspecified atom stereocenters. The molecule has 1 aliphatic rings. The van der Waals surface area contributed by atoms with Crippen molar-refractivity contribution in [2.45, 2.75) is 58.5 Å². The van der Waals surface area contributed by atoms with E-state index in [1.807, 2.05) is 20.8 Å². The van der Waals surface area contributed by atoms with Crippen molar-refractivity contribution in [2.24, 2.45) is 0 Å². The highest BCUT2D eigenvalue weighted by molar-refractivity contribution is 5.91. The Hall–Kier alpha value is -1.76. The minimum absolute atomic E-state index is 0.271. The van der Waals surface area contributed by atoms with Crippen molar-refractivity contribution in [1.29, 1.82) is 0 Å². The summed E-state index contributed by atoms with van der Waals surface area (Å²) in [5.41, 5.74) is 1.05. The molecule has 0 fully saturated rings. The van der Waals surface area contributed by atoms with Crippen molar-refractivity contribution >= 4 is 11.9 Å². The maximum atomic E-state index is 12.0. The van der Waals surface area contributed by atoms with Crippen molar-refractivity contribution in [2.75, 3.05) is 7.11 Å². The van der Waals surface area contributed by atoms with Gasteiger partial charge in [-0.15, -0.1) is 0 Å². The van der Waals surface area contributed by atoms with E-state index in [9.17, 15) is 9.59 Å².